The van der Waals surface area contributed by atoms with Crippen LogP contribution in [-0.2, 0) is 0 Å². The Morgan fingerprint density at radius 3 is 1.23 bits per heavy atom. The maximum absolute atomic E-state index is 2.60. The molecule has 2 aliphatic heterocycles. The van der Waals surface area contributed by atoms with E-state index in [1.807, 2.05) is 0 Å². The first-order valence-corrected chi connectivity index (χ1v) is 22.4. The normalized spacial score (nSPS) is 12.3. The summed E-state index contributed by atoms with van der Waals surface area (Å²) in [5, 5.41) is 0. The van der Waals surface area contributed by atoms with Crippen LogP contribution in [0.15, 0.2) is 249 Å². The number of fused-ring (bicyclic) bond motifs is 4. The maximum atomic E-state index is 2.60. The Hall–Kier alpha value is -8.34. The zero-order chi connectivity index (χ0) is 43.3. The van der Waals surface area contributed by atoms with Gasteiger partial charge in [-0.2, -0.15) is 0 Å². The smallest absolute Gasteiger partial charge is 0.252 e. The third kappa shape index (κ3) is 6.62. The summed E-state index contributed by atoms with van der Waals surface area (Å²) in [7, 11) is 2.25. The van der Waals surface area contributed by atoms with Crippen LogP contribution in [0.1, 0.15) is 0 Å². The minimum atomic E-state index is -0.0650. The van der Waals surface area contributed by atoms with Gasteiger partial charge in [0, 0.05) is 52.3 Å². The van der Waals surface area contributed by atoms with Crippen molar-refractivity contribution in [2.45, 2.75) is 0 Å². The maximum Gasteiger partial charge on any atom is 0.252 e. The Balaban J connectivity index is 1.22. The van der Waals surface area contributed by atoms with E-state index in [0.29, 0.717) is 0 Å². The average molecular weight is 830 g/mol. The Bertz CT molecular complexity index is 3230. The lowest BCUT2D eigenvalue weighted by atomic mass is 9.33. The van der Waals surface area contributed by atoms with Crippen molar-refractivity contribution in [1.29, 1.82) is 0 Å². The van der Waals surface area contributed by atoms with Crippen LogP contribution < -0.4 is 31.1 Å². The quantitative estimate of drug-likeness (QED) is 0.141. The van der Waals surface area contributed by atoms with Crippen LogP contribution >= 0.6 is 0 Å². The molecule has 0 spiro atoms. The molecule has 0 amide bonds. The molecule has 2 aliphatic rings. The van der Waals surface area contributed by atoms with Crippen LogP contribution in [0.3, 0.4) is 0 Å². The topological polar surface area (TPSA) is 9.72 Å². The summed E-state index contributed by atoms with van der Waals surface area (Å²) in [4.78, 5) is 7.44. The van der Waals surface area contributed by atoms with Crippen molar-refractivity contribution in [3.05, 3.63) is 249 Å². The van der Waals surface area contributed by atoms with Crippen LogP contribution in [0, 0.1) is 0 Å². The average Bonchev–Trinajstić information content (AvgIpc) is 3.38. The molecule has 0 atom stereocenters. The summed E-state index contributed by atoms with van der Waals surface area (Å²) in [6.45, 7) is -0.0650. The summed E-state index contributed by atoms with van der Waals surface area (Å²) in [5.74, 6) is 0. The van der Waals surface area contributed by atoms with Crippen molar-refractivity contribution >= 4 is 68.6 Å². The van der Waals surface area contributed by atoms with Crippen LogP contribution in [-0.4, -0.2) is 13.8 Å². The molecule has 306 valence electrons. The SMILES string of the molecule is CN1c2ccc(-c3ccccc3)cc2B2c3cc(-c4ccccc4)ccc3N(c3c(-c4ccccc4)cccc3-c3ccccc3)c3cc(N(c4ccccc4)c4ccccc4)cc1c32. The first kappa shape index (κ1) is 38.3. The highest BCUT2D eigenvalue weighted by molar-refractivity contribution is 7.00. The predicted octanol–water partition coefficient (Wildman–Crippen LogP) is 14.2. The Labute approximate surface area is 381 Å². The number of hydrogen-bond acceptors (Lipinski definition) is 3. The molecule has 0 radical (unpaired) electrons. The molecule has 10 aromatic carbocycles. The molecule has 2 heterocycles. The van der Waals surface area contributed by atoms with Crippen molar-refractivity contribution in [3.8, 4) is 44.5 Å². The van der Waals surface area contributed by atoms with Crippen molar-refractivity contribution < 1.29 is 0 Å². The summed E-state index contributed by atoms with van der Waals surface area (Å²) < 4.78 is 0. The highest BCUT2D eigenvalue weighted by Gasteiger charge is 2.44. The van der Waals surface area contributed by atoms with Crippen molar-refractivity contribution in [3.63, 3.8) is 0 Å². The van der Waals surface area contributed by atoms with Gasteiger partial charge < -0.3 is 14.7 Å². The second-order valence-corrected chi connectivity index (χ2v) is 16.9. The van der Waals surface area contributed by atoms with Crippen LogP contribution in [0.4, 0.5) is 45.5 Å². The first-order chi connectivity index (χ1) is 32.2. The second kappa shape index (κ2) is 16.1. The van der Waals surface area contributed by atoms with Gasteiger partial charge in [-0.3, -0.25) is 0 Å². The zero-order valence-electron chi connectivity index (χ0n) is 36.1. The van der Waals surface area contributed by atoms with E-state index >= 15 is 0 Å². The molecule has 0 saturated heterocycles. The van der Waals surface area contributed by atoms with Crippen LogP contribution in [0.5, 0.6) is 0 Å². The van der Waals surface area contributed by atoms with Gasteiger partial charge in [-0.05, 0) is 98.3 Å². The minimum absolute atomic E-state index is 0.0650. The van der Waals surface area contributed by atoms with Crippen LogP contribution in [0.2, 0.25) is 0 Å². The number of hydrogen-bond donors (Lipinski definition) is 0. The number of nitrogens with zero attached hydrogens (tertiary/aromatic N) is 3. The molecule has 0 aromatic heterocycles. The number of para-hydroxylation sites is 3. The van der Waals surface area contributed by atoms with Gasteiger partial charge in [0.25, 0.3) is 6.71 Å². The predicted molar refractivity (Wildman–Crippen MR) is 277 cm³/mol. The van der Waals surface area contributed by atoms with E-state index in [1.54, 1.807) is 0 Å². The van der Waals surface area contributed by atoms with Gasteiger partial charge in [-0.1, -0.05) is 200 Å². The van der Waals surface area contributed by atoms with Gasteiger partial charge in [0.05, 0.1) is 11.4 Å². The van der Waals surface area contributed by atoms with E-state index in [2.05, 4.69) is 270 Å². The first-order valence-electron chi connectivity index (χ1n) is 22.4. The van der Waals surface area contributed by atoms with E-state index in [4.69, 9.17) is 0 Å². The van der Waals surface area contributed by atoms with E-state index in [-0.39, 0.29) is 6.71 Å². The van der Waals surface area contributed by atoms with E-state index in [1.165, 1.54) is 72.3 Å². The molecule has 10 aromatic rings. The number of rotatable bonds is 8. The molecule has 0 bridgehead atoms. The molecular weight excluding hydrogens is 786 g/mol. The van der Waals surface area contributed by atoms with Gasteiger partial charge in [-0.25, -0.2) is 0 Å². The lowest BCUT2D eigenvalue weighted by Gasteiger charge is -2.45. The van der Waals surface area contributed by atoms with E-state index in [9.17, 15) is 0 Å². The van der Waals surface area contributed by atoms with Crippen molar-refractivity contribution in [2.75, 3.05) is 21.7 Å². The van der Waals surface area contributed by atoms with Crippen LogP contribution in [0.25, 0.3) is 44.5 Å². The third-order valence-electron chi connectivity index (χ3n) is 13.2. The Kier molecular flexibility index (Phi) is 9.49. The molecule has 4 heteroatoms. The van der Waals surface area contributed by atoms with E-state index in [0.717, 1.165) is 34.1 Å². The monoisotopic (exact) mass is 829 g/mol. The van der Waals surface area contributed by atoms with Crippen molar-refractivity contribution in [2.24, 2.45) is 0 Å². The molecule has 65 heavy (non-hydrogen) atoms. The molecule has 3 nitrogen and oxygen atoms in total. The van der Waals surface area contributed by atoms with Gasteiger partial charge in [-0.15, -0.1) is 0 Å². The fourth-order valence-electron chi connectivity index (χ4n) is 10.3. The molecule has 0 saturated carbocycles. The largest absolute Gasteiger partial charge is 0.345 e. The Morgan fingerprint density at radius 1 is 0.323 bits per heavy atom. The fourth-order valence-corrected chi connectivity index (χ4v) is 10.3. The van der Waals surface area contributed by atoms with Gasteiger partial charge >= 0.3 is 0 Å². The molecular formula is C61H44BN3. The minimum Gasteiger partial charge on any atom is -0.345 e. The molecule has 0 fully saturated rings. The lowest BCUT2D eigenvalue weighted by Crippen LogP contribution is -2.61. The number of anilines is 8. The van der Waals surface area contributed by atoms with E-state index < -0.39 is 0 Å². The standard InChI is InChI=1S/C61H44BN3/c1-63-56-37-35-47(43-21-8-2-9-22-43)39-54(56)62-55-40-48(44-23-10-3-11-24-44)36-38-57(55)65(61-52(45-25-12-4-13-26-45)33-20-34-53(61)46-27-14-5-15-28-46)59-42-51(41-58(63)60(59)62)64(49-29-16-6-17-30-49)50-31-18-7-19-32-50/h2-42H,1H3. The highest BCUT2D eigenvalue weighted by atomic mass is 15.2. The summed E-state index contributed by atoms with van der Waals surface area (Å²) in [6, 6.07) is 90.9. The van der Waals surface area contributed by atoms with Gasteiger partial charge in [0.1, 0.15) is 0 Å². The summed E-state index contributed by atoms with van der Waals surface area (Å²) in [6.07, 6.45) is 0. The third-order valence-corrected chi connectivity index (χ3v) is 13.2. The summed E-state index contributed by atoms with van der Waals surface area (Å²) >= 11 is 0. The molecule has 12 rings (SSSR count). The molecule has 0 aliphatic carbocycles. The number of benzene rings is 10. The van der Waals surface area contributed by atoms with Gasteiger partial charge in [0.2, 0.25) is 0 Å². The highest BCUT2D eigenvalue weighted by Crippen LogP contribution is 2.51. The Morgan fingerprint density at radius 2 is 0.738 bits per heavy atom. The summed E-state index contributed by atoms with van der Waals surface area (Å²) in [5.41, 5.74) is 22.5. The van der Waals surface area contributed by atoms with Gasteiger partial charge in [0.15, 0.2) is 0 Å². The van der Waals surface area contributed by atoms with Crippen molar-refractivity contribution in [1.82, 2.24) is 0 Å². The fraction of sp³-hybridized carbons (Fsp3) is 0.0164. The molecule has 0 N–H and O–H groups in total. The molecule has 0 unspecified atom stereocenters. The lowest BCUT2D eigenvalue weighted by molar-refractivity contribution is 1.19. The zero-order valence-corrected chi connectivity index (χ0v) is 36.1. The second-order valence-electron chi connectivity index (χ2n) is 16.9.